The molecule has 3 nitrogen and oxygen atoms in total. The van der Waals surface area contributed by atoms with Crippen molar-refractivity contribution >= 4 is 16.9 Å². The quantitative estimate of drug-likeness (QED) is 0.342. The Morgan fingerprint density at radius 3 is 1.92 bits per heavy atom. The van der Waals surface area contributed by atoms with Gasteiger partial charge in [-0.25, -0.2) is 0 Å². The van der Waals surface area contributed by atoms with E-state index in [1.165, 1.54) is 87.1 Å². The molecule has 144 valence electrons. The molecule has 0 aliphatic rings. The molecule has 1 heterocycles. The second kappa shape index (κ2) is 12.6. The van der Waals surface area contributed by atoms with Crippen molar-refractivity contribution < 1.29 is 9.90 Å². The van der Waals surface area contributed by atoms with Gasteiger partial charge in [0.15, 0.2) is 0 Å². The van der Waals surface area contributed by atoms with Crippen molar-refractivity contribution in [3.05, 3.63) is 36.0 Å². The fraction of sp³-hybridized carbons (Fsp3) is 0.609. The van der Waals surface area contributed by atoms with E-state index in [-0.39, 0.29) is 0 Å². The molecule has 0 saturated carbocycles. The van der Waals surface area contributed by atoms with Crippen LogP contribution in [0, 0.1) is 0 Å². The molecule has 0 amide bonds. The number of nitrogens with one attached hydrogen (secondary N) is 1. The summed E-state index contributed by atoms with van der Waals surface area (Å²) in [6.07, 6.45) is 18.8. The number of carboxylic acid groups (broad SMARTS) is 1. The highest BCUT2D eigenvalue weighted by Crippen LogP contribution is 2.20. The van der Waals surface area contributed by atoms with E-state index >= 15 is 0 Å². The number of H-pyrrole nitrogens is 1. The number of aromatic nitrogens is 1. The van der Waals surface area contributed by atoms with Crippen molar-refractivity contribution in [3.63, 3.8) is 0 Å². The molecule has 1 aromatic carbocycles. The number of benzene rings is 1. The van der Waals surface area contributed by atoms with Crippen LogP contribution < -0.4 is 0 Å². The van der Waals surface area contributed by atoms with Crippen molar-refractivity contribution in [1.82, 2.24) is 4.98 Å². The number of aromatic amines is 1. The van der Waals surface area contributed by atoms with Gasteiger partial charge in [0.1, 0.15) is 0 Å². The minimum atomic E-state index is -0.661. The summed E-state index contributed by atoms with van der Waals surface area (Å²) >= 11 is 0. The lowest BCUT2D eigenvalue weighted by molar-refractivity contribution is -0.137. The van der Waals surface area contributed by atoms with Gasteiger partial charge in [0, 0.05) is 23.5 Å². The number of para-hydroxylation sites is 1. The summed E-state index contributed by atoms with van der Waals surface area (Å²) in [5.74, 6) is -0.661. The summed E-state index contributed by atoms with van der Waals surface area (Å²) in [6, 6.07) is 8.57. The third kappa shape index (κ3) is 8.07. The number of unbranched alkanes of at least 4 members (excludes halogenated alkanes) is 11. The molecule has 0 fully saturated rings. The van der Waals surface area contributed by atoms with Crippen molar-refractivity contribution in [1.29, 1.82) is 0 Å². The maximum atomic E-state index is 10.4. The van der Waals surface area contributed by atoms with Crippen molar-refractivity contribution in [2.75, 3.05) is 0 Å². The minimum Gasteiger partial charge on any atom is -0.481 e. The van der Waals surface area contributed by atoms with Gasteiger partial charge < -0.3 is 10.1 Å². The minimum absolute atomic E-state index is 0.334. The van der Waals surface area contributed by atoms with Crippen molar-refractivity contribution in [2.45, 2.75) is 89.9 Å². The van der Waals surface area contributed by atoms with Crippen LogP contribution in [0.25, 0.3) is 10.9 Å². The first kappa shape index (κ1) is 20.5. The zero-order valence-corrected chi connectivity index (χ0v) is 16.1. The highest BCUT2D eigenvalue weighted by molar-refractivity contribution is 5.82. The topological polar surface area (TPSA) is 53.1 Å². The lowest BCUT2D eigenvalue weighted by atomic mass is 10.0. The zero-order valence-electron chi connectivity index (χ0n) is 16.1. The molecule has 2 rings (SSSR count). The van der Waals surface area contributed by atoms with Crippen LogP contribution in [0.5, 0.6) is 0 Å². The van der Waals surface area contributed by atoms with Gasteiger partial charge in [-0.3, -0.25) is 4.79 Å². The molecule has 0 saturated heterocycles. The first-order valence-electron chi connectivity index (χ1n) is 10.5. The second-order valence-electron chi connectivity index (χ2n) is 7.50. The number of aliphatic carboxylic acids is 1. The van der Waals surface area contributed by atoms with Gasteiger partial charge in [-0.15, -0.1) is 0 Å². The van der Waals surface area contributed by atoms with Gasteiger partial charge in [0.2, 0.25) is 0 Å². The van der Waals surface area contributed by atoms with Crippen LogP contribution in [0.3, 0.4) is 0 Å². The molecular weight excluding hydrogens is 322 g/mol. The number of hydrogen-bond acceptors (Lipinski definition) is 1. The lowest BCUT2D eigenvalue weighted by Gasteiger charge is -2.03. The third-order valence-electron chi connectivity index (χ3n) is 5.26. The SMILES string of the molecule is O=C(O)CCCCCCCCCCCCCCc1c[nH]c2ccccc12. The number of rotatable bonds is 15. The summed E-state index contributed by atoms with van der Waals surface area (Å²) in [5, 5.41) is 9.96. The lowest BCUT2D eigenvalue weighted by Crippen LogP contribution is -1.93. The molecule has 3 heteroatoms. The summed E-state index contributed by atoms with van der Waals surface area (Å²) in [4.78, 5) is 13.8. The monoisotopic (exact) mass is 357 g/mol. The van der Waals surface area contributed by atoms with E-state index in [0.717, 1.165) is 12.8 Å². The summed E-state index contributed by atoms with van der Waals surface area (Å²) in [7, 11) is 0. The van der Waals surface area contributed by atoms with E-state index in [1.807, 2.05) is 0 Å². The van der Waals surface area contributed by atoms with Crippen LogP contribution in [0.1, 0.15) is 89.0 Å². The Morgan fingerprint density at radius 1 is 0.769 bits per heavy atom. The first-order valence-corrected chi connectivity index (χ1v) is 10.5. The molecule has 1 aromatic heterocycles. The number of fused-ring (bicyclic) bond motifs is 1. The zero-order chi connectivity index (χ0) is 18.5. The molecule has 0 spiro atoms. The summed E-state index contributed by atoms with van der Waals surface area (Å²) < 4.78 is 0. The number of hydrogen-bond donors (Lipinski definition) is 2. The van der Waals surface area contributed by atoms with E-state index in [2.05, 4.69) is 35.4 Å². The average molecular weight is 358 g/mol. The van der Waals surface area contributed by atoms with Crippen molar-refractivity contribution in [2.24, 2.45) is 0 Å². The predicted molar refractivity (Wildman–Crippen MR) is 110 cm³/mol. The van der Waals surface area contributed by atoms with Gasteiger partial charge in [0.25, 0.3) is 0 Å². The van der Waals surface area contributed by atoms with E-state index < -0.39 is 5.97 Å². The molecule has 2 N–H and O–H groups in total. The van der Waals surface area contributed by atoms with Crippen LogP contribution in [-0.2, 0) is 11.2 Å². The molecule has 0 bridgehead atoms. The Hall–Kier alpha value is -1.77. The number of aryl methyl sites for hydroxylation is 1. The van der Waals surface area contributed by atoms with Gasteiger partial charge >= 0.3 is 5.97 Å². The summed E-state index contributed by atoms with van der Waals surface area (Å²) in [5.41, 5.74) is 2.72. The van der Waals surface area contributed by atoms with Gasteiger partial charge in [-0.05, 0) is 30.9 Å². The molecule has 0 unspecified atom stereocenters. The highest BCUT2D eigenvalue weighted by Gasteiger charge is 2.02. The van der Waals surface area contributed by atoms with E-state index in [9.17, 15) is 4.79 Å². The van der Waals surface area contributed by atoms with Crippen LogP contribution in [0.4, 0.5) is 0 Å². The molecule has 26 heavy (non-hydrogen) atoms. The molecular formula is C23H35NO2. The van der Waals surface area contributed by atoms with Gasteiger partial charge in [-0.2, -0.15) is 0 Å². The summed E-state index contributed by atoms with van der Waals surface area (Å²) in [6.45, 7) is 0. The predicted octanol–water partition coefficient (Wildman–Crippen LogP) is 6.87. The highest BCUT2D eigenvalue weighted by atomic mass is 16.4. The maximum Gasteiger partial charge on any atom is 0.303 e. The maximum absolute atomic E-state index is 10.4. The number of carboxylic acids is 1. The van der Waals surface area contributed by atoms with E-state index in [4.69, 9.17) is 5.11 Å². The normalized spacial score (nSPS) is 11.2. The molecule has 2 aromatic rings. The fourth-order valence-corrected chi connectivity index (χ4v) is 3.70. The number of carbonyl (C=O) groups is 1. The smallest absolute Gasteiger partial charge is 0.303 e. The van der Waals surface area contributed by atoms with Crippen molar-refractivity contribution in [3.8, 4) is 0 Å². The largest absolute Gasteiger partial charge is 0.481 e. The third-order valence-corrected chi connectivity index (χ3v) is 5.26. The Kier molecular flexibility index (Phi) is 9.92. The second-order valence-corrected chi connectivity index (χ2v) is 7.50. The van der Waals surface area contributed by atoms with Gasteiger partial charge in [-0.1, -0.05) is 82.4 Å². The first-order chi connectivity index (χ1) is 12.8. The molecule has 0 aliphatic heterocycles. The fourth-order valence-electron chi connectivity index (χ4n) is 3.70. The van der Waals surface area contributed by atoms with E-state index in [0.29, 0.717) is 6.42 Å². The van der Waals surface area contributed by atoms with Crippen LogP contribution in [0.15, 0.2) is 30.5 Å². The Labute approximate surface area is 158 Å². The average Bonchev–Trinajstić information content (AvgIpc) is 3.05. The molecule has 0 atom stereocenters. The van der Waals surface area contributed by atoms with Crippen LogP contribution in [0.2, 0.25) is 0 Å². The Balaban J connectivity index is 1.37. The molecule has 0 aliphatic carbocycles. The Bertz CT molecular complexity index is 632. The standard InChI is InChI=1S/C23H35NO2/c25-23(26)18-12-10-8-6-4-2-1-3-5-7-9-11-15-20-19-24-22-17-14-13-16-21(20)22/h13-14,16-17,19,24H,1-12,15,18H2,(H,25,26). The molecule has 0 radical (unpaired) electrons. The van der Waals surface area contributed by atoms with Crippen LogP contribution >= 0.6 is 0 Å². The van der Waals surface area contributed by atoms with Gasteiger partial charge in [0.05, 0.1) is 0 Å². The van der Waals surface area contributed by atoms with E-state index in [1.54, 1.807) is 0 Å². The Morgan fingerprint density at radius 2 is 1.31 bits per heavy atom. The van der Waals surface area contributed by atoms with Crippen LogP contribution in [-0.4, -0.2) is 16.1 Å².